The quantitative estimate of drug-likeness (QED) is 0.597. The summed E-state index contributed by atoms with van der Waals surface area (Å²) in [5.41, 5.74) is 4.30. The number of rotatable bonds is 3. The maximum absolute atomic E-state index is 13.5. The van der Waals surface area contributed by atoms with Crippen molar-refractivity contribution in [1.82, 2.24) is 34.3 Å². The van der Waals surface area contributed by atoms with E-state index in [1.807, 2.05) is 53.7 Å². The van der Waals surface area contributed by atoms with E-state index in [0.717, 1.165) is 29.0 Å². The third kappa shape index (κ3) is 2.52. The molecule has 0 bridgehead atoms. The summed E-state index contributed by atoms with van der Waals surface area (Å²) >= 11 is 0. The average Bonchev–Trinajstić information content (AvgIpc) is 3.44. The van der Waals surface area contributed by atoms with Crippen LogP contribution < -0.4 is 0 Å². The molecule has 0 radical (unpaired) electrons. The molecule has 0 aromatic carbocycles. The number of amides is 1. The number of hydrogen-bond donors (Lipinski definition) is 1. The standard InChI is InChI=1S/C20H21N7O/c1-13(2)27-17(6-8-23-27)20(28)25-10-7-15-18(22-12-21-15)19(25)16-11-14-5-3-4-9-26(14)24-16/h3-6,8-9,11-13,19H,7,10H2,1-2H3,(H,21,22). The first-order chi connectivity index (χ1) is 13.6. The summed E-state index contributed by atoms with van der Waals surface area (Å²) < 4.78 is 3.60. The summed E-state index contributed by atoms with van der Waals surface area (Å²) in [6, 6.07) is 9.49. The Morgan fingerprint density at radius 3 is 3.00 bits per heavy atom. The van der Waals surface area contributed by atoms with Crippen molar-refractivity contribution >= 4 is 11.4 Å². The van der Waals surface area contributed by atoms with Gasteiger partial charge in [0.1, 0.15) is 11.7 Å². The van der Waals surface area contributed by atoms with Gasteiger partial charge in [-0.1, -0.05) is 6.07 Å². The monoisotopic (exact) mass is 375 g/mol. The molecule has 8 heteroatoms. The van der Waals surface area contributed by atoms with E-state index in [9.17, 15) is 4.79 Å². The lowest BCUT2D eigenvalue weighted by Crippen LogP contribution is -2.42. The summed E-state index contributed by atoms with van der Waals surface area (Å²) in [6.45, 7) is 4.63. The van der Waals surface area contributed by atoms with Crippen LogP contribution in [-0.4, -0.2) is 46.7 Å². The Kier molecular flexibility index (Phi) is 3.78. The number of pyridine rings is 1. The van der Waals surface area contributed by atoms with Crippen LogP contribution in [0.1, 0.15) is 53.5 Å². The number of nitrogens with zero attached hydrogens (tertiary/aromatic N) is 6. The zero-order valence-corrected chi connectivity index (χ0v) is 15.8. The number of nitrogens with one attached hydrogen (secondary N) is 1. The number of hydrogen-bond acceptors (Lipinski definition) is 4. The molecule has 8 nitrogen and oxygen atoms in total. The van der Waals surface area contributed by atoms with Gasteiger partial charge in [-0.05, 0) is 38.1 Å². The second-order valence-corrected chi connectivity index (χ2v) is 7.31. The second kappa shape index (κ2) is 6.33. The highest BCUT2D eigenvalue weighted by atomic mass is 16.2. The maximum Gasteiger partial charge on any atom is 0.273 e. The Labute approximate surface area is 161 Å². The van der Waals surface area contributed by atoms with E-state index in [4.69, 9.17) is 5.10 Å². The molecule has 0 spiro atoms. The maximum atomic E-state index is 13.5. The van der Waals surface area contributed by atoms with Gasteiger partial charge in [0.15, 0.2) is 0 Å². The van der Waals surface area contributed by atoms with Crippen LogP contribution in [0.5, 0.6) is 0 Å². The number of fused-ring (bicyclic) bond motifs is 2. The number of aromatic amines is 1. The highest BCUT2D eigenvalue weighted by Crippen LogP contribution is 2.34. The molecule has 142 valence electrons. The highest BCUT2D eigenvalue weighted by Gasteiger charge is 2.37. The van der Waals surface area contributed by atoms with Crippen molar-refractivity contribution in [2.24, 2.45) is 0 Å². The first kappa shape index (κ1) is 16.7. The van der Waals surface area contributed by atoms with E-state index >= 15 is 0 Å². The molecule has 5 heterocycles. The van der Waals surface area contributed by atoms with Crippen LogP contribution in [0.2, 0.25) is 0 Å². The van der Waals surface area contributed by atoms with Crippen LogP contribution in [0.4, 0.5) is 0 Å². The van der Waals surface area contributed by atoms with E-state index < -0.39 is 0 Å². The summed E-state index contributed by atoms with van der Waals surface area (Å²) in [5, 5.41) is 9.06. The molecule has 1 amide bonds. The van der Waals surface area contributed by atoms with Gasteiger partial charge in [0.25, 0.3) is 5.91 Å². The van der Waals surface area contributed by atoms with Crippen molar-refractivity contribution < 1.29 is 4.79 Å². The minimum atomic E-state index is -0.335. The molecule has 0 aliphatic carbocycles. The Morgan fingerprint density at radius 1 is 1.29 bits per heavy atom. The minimum Gasteiger partial charge on any atom is -0.348 e. The van der Waals surface area contributed by atoms with Crippen LogP contribution in [0.25, 0.3) is 5.52 Å². The Bertz CT molecular complexity index is 1120. The van der Waals surface area contributed by atoms with E-state index in [0.29, 0.717) is 12.2 Å². The van der Waals surface area contributed by atoms with E-state index in [1.165, 1.54) is 0 Å². The van der Waals surface area contributed by atoms with Gasteiger partial charge in [-0.3, -0.25) is 9.48 Å². The molecule has 1 aliphatic rings. The highest BCUT2D eigenvalue weighted by molar-refractivity contribution is 5.93. The van der Waals surface area contributed by atoms with Gasteiger partial charge in [-0.2, -0.15) is 10.2 Å². The van der Waals surface area contributed by atoms with Crippen LogP contribution in [0.3, 0.4) is 0 Å². The molecule has 0 saturated carbocycles. The molecule has 1 unspecified atom stereocenters. The van der Waals surface area contributed by atoms with E-state index in [-0.39, 0.29) is 18.0 Å². The van der Waals surface area contributed by atoms with Crippen LogP contribution in [0.15, 0.2) is 49.1 Å². The van der Waals surface area contributed by atoms with Crippen molar-refractivity contribution in [2.75, 3.05) is 6.54 Å². The molecular weight excluding hydrogens is 354 g/mol. The van der Waals surface area contributed by atoms with Gasteiger partial charge in [-0.15, -0.1) is 0 Å². The zero-order valence-electron chi connectivity index (χ0n) is 15.8. The Morgan fingerprint density at radius 2 is 2.18 bits per heavy atom. The van der Waals surface area contributed by atoms with Crippen LogP contribution in [-0.2, 0) is 6.42 Å². The third-order valence-electron chi connectivity index (χ3n) is 5.23. The SMILES string of the molecule is CC(C)n1nccc1C(=O)N1CCc2[nH]cnc2C1c1cc2ccccn2n1. The Balaban J connectivity index is 1.62. The number of H-pyrrole nitrogens is 1. The predicted octanol–water partition coefficient (Wildman–Crippen LogP) is 2.62. The van der Waals surface area contributed by atoms with E-state index in [2.05, 4.69) is 15.1 Å². The number of carbonyl (C=O) groups is 1. The van der Waals surface area contributed by atoms with Gasteiger partial charge in [0.05, 0.1) is 23.2 Å². The first-order valence-electron chi connectivity index (χ1n) is 9.44. The Hall–Kier alpha value is -3.42. The molecule has 1 atom stereocenters. The van der Waals surface area contributed by atoms with Crippen molar-refractivity contribution in [1.29, 1.82) is 0 Å². The lowest BCUT2D eigenvalue weighted by atomic mass is 9.99. The molecule has 4 aromatic heterocycles. The first-order valence-corrected chi connectivity index (χ1v) is 9.44. The molecular formula is C20H21N7O. The normalized spacial score (nSPS) is 16.7. The molecule has 4 aromatic rings. The summed E-state index contributed by atoms with van der Waals surface area (Å²) in [5.74, 6) is -0.0538. The smallest absolute Gasteiger partial charge is 0.273 e. The number of aromatic nitrogens is 6. The molecule has 1 N–H and O–H groups in total. The lowest BCUT2D eigenvalue weighted by molar-refractivity contribution is 0.0672. The summed E-state index contributed by atoms with van der Waals surface area (Å²) in [7, 11) is 0. The van der Waals surface area contributed by atoms with Crippen LogP contribution >= 0.6 is 0 Å². The van der Waals surface area contributed by atoms with Gasteiger partial charge in [0, 0.05) is 37.1 Å². The van der Waals surface area contributed by atoms with Crippen molar-refractivity contribution in [3.8, 4) is 0 Å². The predicted molar refractivity (Wildman–Crippen MR) is 103 cm³/mol. The number of carbonyl (C=O) groups excluding carboxylic acids is 1. The van der Waals surface area contributed by atoms with Gasteiger partial charge < -0.3 is 9.88 Å². The fourth-order valence-electron chi connectivity index (χ4n) is 3.93. The molecule has 1 aliphatic heterocycles. The fourth-order valence-corrected chi connectivity index (χ4v) is 3.93. The second-order valence-electron chi connectivity index (χ2n) is 7.31. The molecule has 28 heavy (non-hydrogen) atoms. The van der Waals surface area contributed by atoms with Gasteiger partial charge in [0.2, 0.25) is 0 Å². The third-order valence-corrected chi connectivity index (χ3v) is 5.23. The van der Waals surface area contributed by atoms with Gasteiger partial charge in [-0.25, -0.2) is 9.50 Å². The number of imidazole rings is 1. The molecule has 0 fully saturated rings. The zero-order chi connectivity index (χ0) is 19.3. The van der Waals surface area contributed by atoms with E-state index in [1.54, 1.807) is 23.3 Å². The minimum absolute atomic E-state index is 0.0538. The van der Waals surface area contributed by atoms with Crippen LogP contribution in [0, 0.1) is 0 Å². The lowest BCUT2D eigenvalue weighted by Gasteiger charge is -2.34. The molecule has 5 rings (SSSR count). The largest absolute Gasteiger partial charge is 0.348 e. The topological polar surface area (TPSA) is 84.1 Å². The summed E-state index contributed by atoms with van der Waals surface area (Å²) in [6.07, 6.45) is 6.02. The molecule has 0 saturated heterocycles. The van der Waals surface area contributed by atoms with Gasteiger partial charge >= 0.3 is 0 Å². The van der Waals surface area contributed by atoms with Crippen molar-refractivity contribution in [2.45, 2.75) is 32.4 Å². The van der Waals surface area contributed by atoms with Crippen molar-refractivity contribution in [3.05, 3.63) is 71.8 Å². The summed E-state index contributed by atoms with van der Waals surface area (Å²) in [4.78, 5) is 23.1. The van der Waals surface area contributed by atoms with Crippen molar-refractivity contribution in [3.63, 3.8) is 0 Å². The fraction of sp³-hybridized carbons (Fsp3) is 0.300. The average molecular weight is 375 g/mol.